The first-order chi connectivity index (χ1) is 14.6. The molecule has 0 spiro atoms. The second-order valence-corrected chi connectivity index (χ2v) is 8.32. The van der Waals surface area contributed by atoms with Gasteiger partial charge in [0.1, 0.15) is 0 Å². The molecule has 0 aliphatic carbocycles. The van der Waals surface area contributed by atoms with Crippen LogP contribution in [0.15, 0.2) is 52.7 Å². The number of unbranched alkanes of at least 4 members (excludes halogenated alkanes) is 1. The maximum absolute atomic E-state index is 12.2. The summed E-state index contributed by atoms with van der Waals surface area (Å²) >= 11 is 7.28. The fraction of sp³-hybridized carbons (Fsp3) is 0.318. The van der Waals surface area contributed by atoms with Crippen molar-refractivity contribution in [2.24, 2.45) is 10.2 Å². The van der Waals surface area contributed by atoms with Crippen molar-refractivity contribution in [2.45, 2.75) is 31.4 Å². The quantitative estimate of drug-likeness (QED) is 0.345. The minimum absolute atomic E-state index is 0.0702. The summed E-state index contributed by atoms with van der Waals surface area (Å²) in [6, 6.07) is 13.1. The van der Waals surface area contributed by atoms with E-state index in [1.807, 2.05) is 42.5 Å². The number of thioether (sulfide) groups is 1. The smallest absolute Gasteiger partial charge is 0.239 e. The molecular weight excluding hydrogens is 422 g/mol. The van der Waals surface area contributed by atoms with E-state index in [0.717, 1.165) is 24.0 Å². The van der Waals surface area contributed by atoms with Gasteiger partial charge in [-0.25, -0.2) is 0 Å². The van der Waals surface area contributed by atoms with Crippen LogP contribution in [0.3, 0.4) is 0 Å². The van der Waals surface area contributed by atoms with Crippen LogP contribution in [0.25, 0.3) is 0 Å². The summed E-state index contributed by atoms with van der Waals surface area (Å²) in [6.45, 7) is 2.77. The van der Waals surface area contributed by atoms with E-state index < -0.39 is 0 Å². The highest BCUT2D eigenvalue weighted by Gasteiger charge is 2.30. The predicted octanol–water partition coefficient (Wildman–Crippen LogP) is 4.69. The Kier molecular flexibility index (Phi) is 8.16. The van der Waals surface area contributed by atoms with Crippen LogP contribution in [0.1, 0.15) is 30.9 Å². The molecule has 0 aromatic heterocycles. The predicted molar refractivity (Wildman–Crippen MR) is 123 cm³/mol. The molecule has 2 aromatic carbocycles. The van der Waals surface area contributed by atoms with Crippen molar-refractivity contribution >= 4 is 40.7 Å². The molecule has 8 heteroatoms. The summed E-state index contributed by atoms with van der Waals surface area (Å²) in [4.78, 5) is 12.2. The molecule has 1 amide bonds. The first-order valence-corrected chi connectivity index (χ1v) is 11.0. The number of rotatable bonds is 9. The van der Waals surface area contributed by atoms with E-state index in [1.165, 1.54) is 11.8 Å². The lowest BCUT2D eigenvalue weighted by atomic mass is 10.1. The van der Waals surface area contributed by atoms with Gasteiger partial charge in [-0.2, -0.15) is 5.10 Å². The van der Waals surface area contributed by atoms with Gasteiger partial charge in [0.25, 0.3) is 0 Å². The highest BCUT2D eigenvalue weighted by molar-refractivity contribution is 8.15. The summed E-state index contributed by atoms with van der Waals surface area (Å²) < 4.78 is 11.1. The Morgan fingerprint density at radius 1 is 1.20 bits per heavy atom. The van der Waals surface area contributed by atoms with Gasteiger partial charge < -0.3 is 14.8 Å². The van der Waals surface area contributed by atoms with Gasteiger partial charge in [-0.3, -0.25) is 4.79 Å². The Balaban J connectivity index is 1.59. The van der Waals surface area contributed by atoms with E-state index in [0.29, 0.717) is 34.7 Å². The molecule has 1 atom stereocenters. The summed E-state index contributed by atoms with van der Waals surface area (Å²) in [5, 5.41) is 11.9. The molecule has 1 N–H and O–H groups in total. The maximum atomic E-state index is 12.2. The molecule has 1 aliphatic heterocycles. The Morgan fingerprint density at radius 3 is 2.73 bits per heavy atom. The van der Waals surface area contributed by atoms with Gasteiger partial charge in [0, 0.05) is 5.02 Å². The van der Waals surface area contributed by atoms with Crippen molar-refractivity contribution in [3.63, 3.8) is 0 Å². The van der Waals surface area contributed by atoms with Crippen LogP contribution in [0.2, 0.25) is 5.02 Å². The van der Waals surface area contributed by atoms with Crippen LogP contribution in [-0.4, -0.2) is 36.3 Å². The average Bonchev–Trinajstić information content (AvgIpc) is 3.09. The molecule has 158 valence electrons. The first kappa shape index (κ1) is 22.2. The van der Waals surface area contributed by atoms with E-state index >= 15 is 0 Å². The van der Waals surface area contributed by atoms with Crippen molar-refractivity contribution in [1.29, 1.82) is 0 Å². The van der Waals surface area contributed by atoms with Crippen LogP contribution >= 0.6 is 23.4 Å². The van der Waals surface area contributed by atoms with Gasteiger partial charge in [0.15, 0.2) is 16.7 Å². The number of ether oxygens (including phenoxy) is 2. The number of carbonyl (C=O) groups is 1. The van der Waals surface area contributed by atoms with Crippen LogP contribution in [-0.2, 0) is 11.2 Å². The zero-order chi connectivity index (χ0) is 21.3. The molecule has 0 radical (unpaired) electrons. The first-order valence-electron chi connectivity index (χ1n) is 9.73. The summed E-state index contributed by atoms with van der Waals surface area (Å²) in [5.74, 6) is 1.28. The van der Waals surface area contributed by atoms with Crippen LogP contribution in [0.5, 0.6) is 11.5 Å². The zero-order valence-corrected chi connectivity index (χ0v) is 18.5. The fourth-order valence-corrected chi connectivity index (χ4v) is 3.87. The number of amidine groups is 1. The number of nitrogens with one attached hydrogen (secondary N) is 1. The number of halogens is 1. The van der Waals surface area contributed by atoms with Gasteiger partial charge in [-0.05, 0) is 54.3 Å². The molecule has 30 heavy (non-hydrogen) atoms. The molecule has 0 saturated carbocycles. The SMILES string of the molecule is CCCCOc1ccc(/C=N/N=C2\NC(=O)C(Cc3ccc(Cl)cc3)S2)cc1OC. The van der Waals surface area contributed by atoms with Crippen molar-refractivity contribution in [3.8, 4) is 11.5 Å². The van der Waals surface area contributed by atoms with E-state index in [2.05, 4.69) is 22.4 Å². The molecule has 1 unspecified atom stereocenters. The molecule has 0 bridgehead atoms. The number of nitrogens with zero attached hydrogens (tertiary/aromatic N) is 2. The zero-order valence-electron chi connectivity index (χ0n) is 16.9. The van der Waals surface area contributed by atoms with Crippen LogP contribution in [0.4, 0.5) is 0 Å². The average molecular weight is 446 g/mol. The third kappa shape index (κ3) is 6.24. The minimum atomic E-state index is -0.236. The highest BCUT2D eigenvalue weighted by atomic mass is 35.5. The van der Waals surface area contributed by atoms with E-state index in [9.17, 15) is 4.79 Å². The number of benzene rings is 2. The molecule has 1 fully saturated rings. The number of hydrogen-bond donors (Lipinski definition) is 1. The highest BCUT2D eigenvalue weighted by Crippen LogP contribution is 2.28. The van der Waals surface area contributed by atoms with Crippen molar-refractivity contribution in [2.75, 3.05) is 13.7 Å². The van der Waals surface area contributed by atoms with Crippen molar-refractivity contribution in [1.82, 2.24) is 5.32 Å². The largest absolute Gasteiger partial charge is 0.493 e. The Labute approximate surface area is 185 Å². The third-order valence-corrected chi connectivity index (χ3v) is 5.73. The van der Waals surface area contributed by atoms with E-state index in [4.69, 9.17) is 21.1 Å². The standard InChI is InChI=1S/C22H24ClN3O3S/c1-3-4-11-29-18-10-7-16(12-19(18)28-2)14-24-26-22-25-21(27)20(30-22)13-15-5-8-17(23)9-6-15/h5-10,12,14,20H,3-4,11,13H2,1-2H3,(H,25,26,27)/b24-14+. The molecular formula is C22H24ClN3O3S. The third-order valence-electron chi connectivity index (χ3n) is 4.41. The minimum Gasteiger partial charge on any atom is -0.493 e. The van der Waals surface area contributed by atoms with E-state index in [1.54, 1.807) is 13.3 Å². The number of hydrogen-bond acceptors (Lipinski definition) is 6. The second kappa shape index (κ2) is 11.0. The second-order valence-electron chi connectivity index (χ2n) is 6.69. The number of methoxy groups -OCH3 is 1. The van der Waals surface area contributed by atoms with Gasteiger partial charge in [0.05, 0.1) is 25.2 Å². The summed E-state index contributed by atoms with van der Waals surface area (Å²) in [7, 11) is 1.61. The molecule has 1 aliphatic rings. The topological polar surface area (TPSA) is 72.3 Å². The maximum Gasteiger partial charge on any atom is 0.239 e. The van der Waals surface area contributed by atoms with Crippen LogP contribution in [0, 0.1) is 0 Å². The van der Waals surface area contributed by atoms with Gasteiger partial charge in [-0.1, -0.05) is 48.8 Å². The van der Waals surface area contributed by atoms with Crippen molar-refractivity contribution in [3.05, 3.63) is 58.6 Å². The molecule has 2 aromatic rings. The molecule has 1 saturated heterocycles. The van der Waals surface area contributed by atoms with Crippen molar-refractivity contribution < 1.29 is 14.3 Å². The lowest BCUT2D eigenvalue weighted by molar-refractivity contribution is -0.118. The monoisotopic (exact) mass is 445 g/mol. The molecule has 1 heterocycles. The lowest BCUT2D eigenvalue weighted by Gasteiger charge is -2.10. The van der Waals surface area contributed by atoms with E-state index in [-0.39, 0.29) is 11.2 Å². The molecule has 3 rings (SSSR count). The Bertz CT molecular complexity index is 932. The number of amides is 1. The fourth-order valence-electron chi connectivity index (χ4n) is 2.78. The Morgan fingerprint density at radius 2 is 2.00 bits per heavy atom. The van der Waals surface area contributed by atoms with Gasteiger partial charge in [0.2, 0.25) is 5.91 Å². The van der Waals surface area contributed by atoms with Gasteiger partial charge in [-0.15, -0.1) is 5.10 Å². The summed E-state index contributed by atoms with van der Waals surface area (Å²) in [6.07, 6.45) is 4.28. The molecule has 6 nitrogen and oxygen atoms in total. The summed E-state index contributed by atoms with van der Waals surface area (Å²) in [5.41, 5.74) is 1.87. The Hall–Kier alpha value is -2.51. The number of carbonyl (C=O) groups excluding carboxylic acids is 1. The normalized spacial score (nSPS) is 17.5. The lowest BCUT2D eigenvalue weighted by Crippen LogP contribution is -2.25. The van der Waals surface area contributed by atoms with Gasteiger partial charge >= 0.3 is 0 Å². The van der Waals surface area contributed by atoms with Crippen LogP contribution < -0.4 is 14.8 Å².